The molecule has 1 aliphatic rings. The monoisotopic (exact) mass is 395 g/mol. The summed E-state index contributed by atoms with van der Waals surface area (Å²) in [4.78, 5) is 21.5. The molecule has 0 N–H and O–H groups in total. The Bertz CT molecular complexity index is 915. The minimum atomic E-state index is 0.173. The third kappa shape index (κ3) is 4.69. The number of aromatic nitrogens is 1. The highest BCUT2D eigenvalue weighted by Gasteiger charge is 2.21. The average molecular weight is 396 g/mol. The number of carbonyl (C=O) groups excluding carboxylic acids is 1. The van der Waals surface area contributed by atoms with Crippen LogP contribution in [0.15, 0.2) is 48.5 Å². The van der Waals surface area contributed by atoms with Crippen LogP contribution in [0.3, 0.4) is 0 Å². The maximum Gasteiger partial charge on any atom is 0.226 e. The molecule has 2 heterocycles. The van der Waals surface area contributed by atoms with Crippen molar-refractivity contribution in [1.82, 2.24) is 14.8 Å². The number of thiazole rings is 1. The number of ether oxygens (including phenoxy) is 1. The molecule has 0 aliphatic carbocycles. The molecule has 0 unspecified atom stereocenters. The molecule has 1 aromatic heterocycles. The van der Waals surface area contributed by atoms with Crippen LogP contribution < -0.4 is 4.74 Å². The highest BCUT2D eigenvalue weighted by atomic mass is 32.1. The van der Waals surface area contributed by atoms with Crippen LogP contribution in [0.25, 0.3) is 10.2 Å². The number of benzene rings is 2. The Hall–Kier alpha value is -2.44. The van der Waals surface area contributed by atoms with Gasteiger partial charge in [-0.2, -0.15) is 0 Å². The first-order valence-corrected chi connectivity index (χ1v) is 10.5. The minimum absolute atomic E-state index is 0.173. The van der Waals surface area contributed by atoms with Gasteiger partial charge in [-0.15, -0.1) is 11.3 Å². The molecule has 1 aliphatic heterocycles. The summed E-state index contributed by atoms with van der Waals surface area (Å²) in [5.74, 6) is 1.00. The Morgan fingerprint density at radius 2 is 1.93 bits per heavy atom. The topological polar surface area (TPSA) is 45.7 Å². The zero-order valence-electron chi connectivity index (χ0n) is 16.1. The SMILES string of the molecule is Cc1cccc(OCCC(=O)N2CCN(Cc3nc4ccccc4s3)CC2)c1. The predicted molar refractivity (Wildman–Crippen MR) is 113 cm³/mol. The Morgan fingerprint density at radius 1 is 1.11 bits per heavy atom. The van der Waals surface area contributed by atoms with Gasteiger partial charge >= 0.3 is 0 Å². The fraction of sp³-hybridized carbons (Fsp3) is 0.364. The van der Waals surface area contributed by atoms with Gasteiger partial charge in [-0.25, -0.2) is 4.98 Å². The zero-order valence-corrected chi connectivity index (χ0v) is 17.0. The van der Waals surface area contributed by atoms with Crippen LogP contribution >= 0.6 is 11.3 Å². The second-order valence-electron chi connectivity index (χ2n) is 7.15. The molecule has 0 saturated carbocycles. The molecule has 2 aromatic carbocycles. The minimum Gasteiger partial charge on any atom is -0.493 e. The van der Waals surface area contributed by atoms with Crippen LogP contribution in [0.5, 0.6) is 5.75 Å². The van der Waals surface area contributed by atoms with E-state index < -0.39 is 0 Å². The Labute approximate surface area is 169 Å². The molecule has 0 radical (unpaired) electrons. The maximum atomic E-state index is 12.5. The van der Waals surface area contributed by atoms with E-state index >= 15 is 0 Å². The second kappa shape index (κ2) is 8.71. The van der Waals surface area contributed by atoms with Crippen molar-refractivity contribution in [1.29, 1.82) is 0 Å². The van der Waals surface area contributed by atoms with Gasteiger partial charge in [-0.05, 0) is 36.8 Å². The molecule has 5 nitrogen and oxygen atoms in total. The number of nitrogens with zero attached hydrogens (tertiary/aromatic N) is 3. The van der Waals surface area contributed by atoms with Crippen LogP contribution in [0.2, 0.25) is 0 Å². The molecule has 146 valence electrons. The van der Waals surface area contributed by atoms with Gasteiger partial charge in [0, 0.05) is 26.2 Å². The van der Waals surface area contributed by atoms with Crippen molar-refractivity contribution in [3.63, 3.8) is 0 Å². The first kappa shape index (κ1) is 18.9. The van der Waals surface area contributed by atoms with Crippen LogP contribution in [-0.4, -0.2) is 53.5 Å². The first-order valence-electron chi connectivity index (χ1n) is 9.71. The lowest BCUT2D eigenvalue weighted by Crippen LogP contribution is -2.48. The van der Waals surface area contributed by atoms with E-state index in [0.29, 0.717) is 13.0 Å². The molecule has 1 amide bonds. The van der Waals surface area contributed by atoms with Gasteiger partial charge < -0.3 is 9.64 Å². The molecule has 3 aromatic rings. The van der Waals surface area contributed by atoms with Gasteiger partial charge in [0.1, 0.15) is 10.8 Å². The van der Waals surface area contributed by atoms with Crippen LogP contribution in [0.4, 0.5) is 0 Å². The lowest BCUT2D eigenvalue weighted by atomic mass is 10.2. The van der Waals surface area contributed by atoms with Gasteiger partial charge in [0.2, 0.25) is 5.91 Å². The van der Waals surface area contributed by atoms with E-state index in [0.717, 1.165) is 54.6 Å². The van der Waals surface area contributed by atoms with Gasteiger partial charge in [0.15, 0.2) is 0 Å². The number of piperazine rings is 1. The molecule has 6 heteroatoms. The second-order valence-corrected chi connectivity index (χ2v) is 8.26. The summed E-state index contributed by atoms with van der Waals surface area (Å²) in [5.41, 5.74) is 2.23. The van der Waals surface area contributed by atoms with Gasteiger partial charge in [-0.1, -0.05) is 24.3 Å². The standard InChI is InChI=1S/C22H25N3O2S/c1-17-5-4-6-18(15-17)27-14-9-22(26)25-12-10-24(11-13-25)16-21-23-19-7-2-3-8-20(19)28-21/h2-8,15H,9-14,16H2,1H3. The van der Waals surface area contributed by atoms with E-state index in [9.17, 15) is 4.79 Å². The van der Waals surface area contributed by atoms with Gasteiger partial charge in [0.05, 0.1) is 29.8 Å². The summed E-state index contributed by atoms with van der Waals surface area (Å²) in [5, 5.41) is 1.15. The summed E-state index contributed by atoms with van der Waals surface area (Å²) in [7, 11) is 0. The number of hydrogen-bond donors (Lipinski definition) is 0. The first-order chi connectivity index (χ1) is 13.7. The predicted octanol–water partition coefficient (Wildman–Crippen LogP) is 3.72. The molecular weight excluding hydrogens is 370 g/mol. The van der Waals surface area contributed by atoms with Crippen LogP contribution in [0, 0.1) is 6.92 Å². The quantitative estimate of drug-likeness (QED) is 0.638. The Kier molecular flexibility index (Phi) is 5.88. The molecule has 1 fully saturated rings. The van der Waals surface area contributed by atoms with E-state index in [1.165, 1.54) is 4.70 Å². The van der Waals surface area contributed by atoms with Crippen molar-refractivity contribution in [2.45, 2.75) is 19.9 Å². The Balaban J connectivity index is 1.21. The highest BCUT2D eigenvalue weighted by Crippen LogP contribution is 2.23. The summed E-state index contributed by atoms with van der Waals surface area (Å²) in [6.45, 7) is 6.64. The molecule has 28 heavy (non-hydrogen) atoms. The number of hydrogen-bond acceptors (Lipinski definition) is 5. The van der Waals surface area contributed by atoms with Gasteiger partial charge in [-0.3, -0.25) is 9.69 Å². The number of aryl methyl sites for hydroxylation is 1. The van der Waals surface area contributed by atoms with E-state index in [4.69, 9.17) is 9.72 Å². The third-order valence-corrected chi connectivity index (χ3v) is 6.02. The maximum absolute atomic E-state index is 12.5. The molecule has 0 atom stereocenters. The Morgan fingerprint density at radius 3 is 2.71 bits per heavy atom. The van der Waals surface area contributed by atoms with Crippen LogP contribution in [-0.2, 0) is 11.3 Å². The average Bonchev–Trinajstić information content (AvgIpc) is 3.11. The molecular formula is C22H25N3O2S. The van der Waals surface area contributed by atoms with Crippen molar-refractivity contribution >= 4 is 27.5 Å². The fourth-order valence-corrected chi connectivity index (χ4v) is 4.46. The summed E-state index contributed by atoms with van der Waals surface area (Å²) >= 11 is 1.76. The van der Waals surface area contributed by atoms with Crippen molar-refractivity contribution in [3.8, 4) is 5.75 Å². The van der Waals surface area contributed by atoms with E-state index in [2.05, 4.69) is 23.1 Å². The third-order valence-electron chi connectivity index (χ3n) is 5.00. The molecule has 4 rings (SSSR count). The number of amides is 1. The zero-order chi connectivity index (χ0) is 19.3. The lowest BCUT2D eigenvalue weighted by Gasteiger charge is -2.34. The lowest BCUT2D eigenvalue weighted by molar-refractivity contribution is -0.133. The normalized spacial score (nSPS) is 15.1. The van der Waals surface area contributed by atoms with Crippen molar-refractivity contribution in [2.75, 3.05) is 32.8 Å². The molecule has 0 bridgehead atoms. The number of carbonyl (C=O) groups is 1. The largest absolute Gasteiger partial charge is 0.493 e. The van der Waals surface area contributed by atoms with E-state index in [1.54, 1.807) is 11.3 Å². The molecule has 1 saturated heterocycles. The van der Waals surface area contributed by atoms with Gasteiger partial charge in [0.25, 0.3) is 0 Å². The van der Waals surface area contributed by atoms with Crippen molar-refractivity contribution < 1.29 is 9.53 Å². The van der Waals surface area contributed by atoms with Crippen molar-refractivity contribution in [2.24, 2.45) is 0 Å². The number of rotatable bonds is 6. The summed E-state index contributed by atoms with van der Waals surface area (Å²) < 4.78 is 6.95. The van der Waals surface area contributed by atoms with Crippen LogP contribution in [0.1, 0.15) is 17.0 Å². The number of fused-ring (bicyclic) bond motifs is 1. The fourth-order valence-electron chi connectivity index (χ4n) is 3.45. The van der Waals surface area contributed by atoms with E-state index in [1.807, 2.05) is 42.2 Å². The number of para-hydroxylation sites is 1. The smallest absolute Gasteiger partial charge is 0.226 e. The van der Waals surface area contributed by atoms with E-state index in [-0.39, 0.29) is 5.91 Å². The highest BCUT2D eigenvalue weighted by molar-refractivity contribution is 7.18. The summed E-state index contributed by atoms with van der Waals surface area (Å²) in [6, 6.07) is 16.2. The van der Waals surface area contributed by atoms with Crippen molar-refractivity contribution in [3.05, 3.63) is 59.1 Å². The molecule has 0 spiro atoms. The summed E-state index contributed by atoms with van der Waals surface area (Å²) in [6.07, 6.45) is 0.422.